The molecule has 2 aromatic heterocycles. The highest BCUT2D eigenvalue weighted by Gasteiger charge is 2.33. The molecule has 202 valence electrons. The van der Waals surface area contributed by atoms with Crippen LogP contribution in [0.1, 0.15) is 46.9 Å². The number of aryl methyl sites for hydroxylation is 1. The molecule has 0 saturated carbocycles. The summed E-state index contributed by atoms with van der Waals surface area (Å²) in [6.45, 7) is 3.10. The first kappa shape index (κ1) is 25.7. The van der Waals surface area contributed by atoms with E-state index in [4.69, 9.17) is 4.98 Å². The first-order chi connectivity index (χ1) is 18.8. The number of carbonyl (C=O) groups is 1. The molecule has 2 aromatic carbocycles. The molecule has 2 fully saturated rings. The van der Waals surface area contributed by atoms with Crippen molar-refractivity contribution in [2.24, 2.45) is 5.92 Å². The van der Waals surface area contributed by atoms with Gasteiger partial charge in [-0.15, -0.1) is 0 Å². The van der Waals surface area contributed by atoms with Crippen molar-refractivity contribution < 1.29 is 17.6 Å². The Morgan fingerprint density at radius 2 is 1.74 bits per heavy atom. The number of sulfone groups is 1. The topological polar surface area (TPSA) is 85.2 Å². The van der Waals surface area contributed by atoms with Gasteiger partial charge in [0.25, 0.3) is 5.91 Å². The largest absolute Gasteiger partial charge is 0.339 e. The summed E-state index contributed by atoms with van der Waals surface area (Å²) in [5.74, 6) is 0.0224. The Morgan fingerprint density at radius 3 is 2.44 bits per heavy atom. The maximum Gasteiger partial charge on any atom is 0.254 e. The lowest BCUT2D eigenvalue weighted by Gasteiger charge is -2.32. The number of benzene rings is 2. The summed E-state index contributed by atoms with van der Waals surface area (Å²) in [7, 11) is -3.17. The Morgan fingerprint density at radius 1 is 1.03 bits per heavy atom. The Kier molecular flexibility index (Phi) is 6.71. The van der Waals surface area contributed by atoms with Crippen molar-refractivity contribution in [3.63, 3.8) is 0 Å². The van der Waals surface area contributed by atoms with E-state index in [2.05, 4.69) is 29.4 Å². The molecule has 0 spiro atoms. The van der Waals surface area contributed by atoms with Crippen molar-refractivity contribution >= 4 is 26.8 Å². The van der Waals surface area contributed by atoms with Gasteiger partial charge in [0.2, 0.25) is 0 Å². The molecule has 4 heterocycles. The Labute approximate surface area is 227 Å². The number of hydrogen-bond donors (Lipinski definition) is 0. The van der Waals surface area contributed by atoms with Crippen LogP contribution in [0, 0.1) is 18.7 Å². The molecule has 2 aliphatic rings. The third-order valence-electron chi connectivity index (χ3n) is 8.04. The fourth-order valence-corrected chi connectivity index (χ4v) is 7.66. The van der Waals surface area contributed by atoms with Gasteiger partial charge in [-0.2, -0.15) is 5.10 Å². The Hall–Kier alpha value is -3.59. The Bertz CT molecular complexity index is 1640. The van der Waals surface area contributed by atoms with Crippen molar-refractivity contribution in [3.8, 4) is 11.3 Å². The van der Waals surface area contributed by atoms with E-state index < -0.39 is 15.7 Å². The van der Waals surface area contributed by atoms with Crippen molar-refractivity contribution in [1.82, 2.24) is 19.7 Å². The number of piperidine rings is 1. The molecule has 1 unspecified atom stereocenters. The molecule has 0 aliphatic carbocycles. The van der Waals surface area contributed by atoms with Gasteiger partial charge in [0.1, 0.15) is 5.82 Å². The van der Waals surface area contributed by atoms with Crippen molar-refractivity contribution in [2.45, 2.75) is 38.6 Å². The minimum atomic E-state index is -3.17. The molecule has 2 saturated heterocycles. The van der Waals surface area contributed by atoms with E-state index in [1.165, 1.54) is 11.6 Å². The van der Waals surface area contributed by atoms with E-state index in [-0.39, 0.29) is 23.5 Å². The summed E-state index contributed by atoms with van der Waals surface area (Å²) < 4.78 is 41.0. The minimum absolute atomic E-state index is 0.0208. The second kappa shape index (κ2) is 10.2. The van der Waals surface area contributed by atoms with Crippen molar-refractivity contribution in [3.05, 3.63) is 83.3 Å². The van der Waals surface area contributed by atoms with E-state index in [9.17, 15) is 17.6 Å². The van der Waals surface area contributed by atoms with Crippen LogP contribution in [0.4, 0.5) is 4.39 Å². The summed E-state index contributed by atoms with van der Waals surface area (Å²) in [6.07, 6.45) is 3.25. The molecule has 39 heavy (non-hydrogen) atoms. The van der Waals surface area contributed by atoms with E-state index in [0.29, 0.717) is 59.0 Å². The molecule has 1 atom stereocenters. The van der Waals surface area contributed by atoms with Gasteiger partial charge in [0, 0.05) is 18.7 Å². The molecule has 7 nitrogen and oxygen atoms in total. The molecule has 2 aliphatic heterocycles. The van der Waals surface area contributed by atoms with Crippen LogP contribution < -0.4 is 0 Å². The predicted octanol–water partition coefficient (Wildman–Crippen LogP) is 5.00. The van der Waals surface area contributed by atoms with Gasteiger partial charge in [-0.05, 0) is 62.3 Å². The molecule has 0 radical (unpaired) electrons. The van der Waals surface area contributed by atoms with Crippen LogP contribution >= 0.6 is 0 Å². The molecular formula is C30H31FN4O3S. The van der Waals surface area contributed by atoms with E-state index >= 15 is 0 Å². The number of carbonyl (C=O) groups excluding carboxylic acids is 1. The Balaban J connectivity index is 1.36. The zero-order chi connectivity index (χ0) is 27.1. The number of aromatic nitrogens is 3. The SMILES string of the molecule is Cc1nn(C2CCS(=O)(=O)C2)c2nc(-c3ccccc3F)cc(C(=O)N3CCC(Cc4ccccc4)CC3)c12. The van der Waals surface area contributed by atoms with Crippen LogP contribution in [-0.4, -0.2) is 58.6 Å². The smallest absolute Gasteiger partial charge is 0.254 e. The van der Waals surface area contributed by atoms with Crippen molar-refractivity contribution in [2.75, 3.05) is 24.6 Å². The first-order valence-corrected chi connectivity index (χ1v) is 15.3. The standard InChI is InChI=1S/C30H31FN4O3S/c1-20-28-25(30(36)34-14-11-22(12-15-34)17-21-7-3-2-4-8-21)18-27(24-9-5-6-10-26(24)31)32-29(28)35(33-20)23-13-16-39(37,38)19-23/h2-10,18,22-23H,11-17,19H2,1H3. The number of amides is 1. The summed E-state index contributed by atoms with van der Waals surface area (Å²) >= 11 is 0. The van der Waals surface area contributed by atoms with Gasteiger partial charge in [0.05, 0.1) is 39.9 Å². The quantitative estimate of drug-likeness (QED) is 0.352. The molecule has 0 N–H and O–H groups in total. The zero-order valence-corrected chi connectivity index (χ0v) is 22.7. The predicted molar refractivity (Wildman–Crippen MR) is 149 cm³/mol. The third kappa shape index (κ3) is 5.07. The van der Waals surface area contributed by atoms with Crippen molar-refractivity contribution in [1.29, 1.82) is 0 Å². The zero-order valence-electron chi connectivity index (χ0n) is 21.9. The second-order valence-corrected chi connectivity index (χ2v) is 13.0. The lowest BCUT2D eigenvalue weighted by Crippen LogP contribution is -2.39. The van der Waals surface area contributed by atoms with Gasteiger partial charge in [-0.3, -0.25) is 4.79 Å². The maximum absolute atomic E-state index is 14.9. The minimum Gasteiger partial charge on any atom is -0.339 e. The lowest BCUT2D eigenvalue weighted by atomic mass is 9.90. The van der Waals surface area contributed by atoms with Gasteiger partial charge in [0.15, 0.2) is 15.5 Å². The van der Waals surface area contributed by atoms with Crippen LogP contribution in [0.3, 0.4) is 0 Å². The van der Waals surface area contributed by atoms with Gasteiger partial charge in [-0.25, -0.2) is 22.5 Å². The number of hydrogen-bond acceptors (Lipinski definition) is 5. The summed E-state index contributed by atoms with van der Waals surface area (Å²) in [5, 5.41) is 5.27. The number of likely N-dealkylation sites (tertiary alicyclic amines) is 1. The highest BCUT2D eigenvalue weighted by Crippen LogP contribution is 2.34. The van der Waals surface area contributed by atoms with Crippen LogP contribution in [0.25, 0.3) is 22.3 Å². The van der Waals surface area contributed by atoms with E-state index in [0.717, 1.165) is 19.3 Å². The average Bonchev–Trinajstić information content (AvgIpc) is 3.47. The summed E-state index contributed by atoms with van der Waals surface area (Å²) in [6, 6.07) is 18.1. The van der Waals surface area contributed by atoms with Gasteiger partial charge in [-0.1, -0.05) is 42.5 Å². The molecule has 6 rings (SSSR count). The monoisotopic (exact) mass is 546 g/mol. The molecule has 9 heteroatoms. The first-order valence-electron chi connectivity index (χ1n) is 13.5. The van der Waals surface area contributed by atoms with Crippen LogP contribution in [-0.2, 0) is 16.3 Å². The van der Waals surface area contributed by atoms with E-state index in [1.807, 2.05) is 17.9 Å². The highest BCUT2D eigenvalue weighted by molar-refractivity contribution is 7.91. The summed E-state index contributed by atoms with van der Waals surface area (Å²) in [5.41, 5.74) is 3.42. The fraction of sp³-hybridized carbons (Fsp3) is 0.367. The normalized spacial score (nSPS) is 19.5. The lowest BCUT2D eigenvalue weighted by molar-refractivity contribution is 0.0692. The summed E-state index contributed by atoms with van der Waals surface area (Å²) in [4.78, 5) is 20.6. The van der Waals surface area contributed by atoms with E-state index in [1.54, 1.807) is 28.9 Å². The van der Waals surface area contributed by atoms with Crippen LogP contribution in [0.5, 0.6) is 0 Å². The second-order valence-electron chi connectivity index (χ2n) is 10.7. The van der Waals surface area contributed by atoms with Crippen LogP contribution in [0.15, 0.2) is 60.7 Å². The third-order valence-corrected chi connectivity index (χ3v) is 9.79. The molecule has 4 aromatic rings. The molecule has 0 bridgehead atoms. The molecular weight excluding hydrogens is 515 g/mol. The van der Waals surface area contributed by atoms with Gasteiger partial charge >= 0.3 is 0 Å². The fourth-order valence-electron chi connectivity index (χ4n) is 5.97. The van der Waals surface area contributed by atoms with Gasteiger partial charge < -0.3 is 4.90 Å². The number of pyridine rings is 1. The number of halogens is 1. The number of nitrogens with zero attached hydrogens (tertiary/aromatic N) is 4. The number of rotatable bonds is 5. The average molecular weight is 547 g/mol. The highest BCUT2D eigenvalue weighted by atomic mass is 32.2. The van der Waals surface area contributed by atoms with Crippen LogP contribution in [0.2, 0.25) is 0 Å². The number of fused-ring (bicyclic) bond motifs is 1. The molecule has 1 amide bonds. The maximum atomic E-state index is 14.9.